The summed E-state index contributed by atoms with van der Waals surface area (Å²) < 4.78 is 10.6. The van der Waals surface area contributed by atoms with Gasteiger partial charge in [-0.05, 0) is 48.6 Å². The third-order valence-corrected chi connectivity index (χ3v) is 3.25. The fourth-order valence-corrected chi connectivity index (χ4v) is 2.13. The molecule has 0 fully saturated rings. The number of hydrogen-bond acceptors (Lipinski definition) is 4. The highest BCUT2D eigenvalue weighted by molar-refractivity contribution is 7.80. The lowest BCUT2D eigenvalue weighted by Gasteiger charge is -2.11. The molecule has 0 bridgehead atoms. The van der Waals surface area contributed by atoms with E-state index in [-0.39, 0.29) is 11.0 Å². The standard InChI is InChI=1S/C17H19N3O3S/c1-22-12-6-8-13(9-7-12)23-11-10-19-16(21)14-4-2-3-5-15(14)20-17(18)24/h2-9H,10-11H2,1H3,(H,19,21)(H3,18,20,24). The van der Waals surface area contributed by atoms with Crippen LogP contribution in [0.2, 0.25) is 0 Å². The summed E-state index contributed by atoms with van der Waals surface area (Å²) in [5.41, 5.74) is 6.50. The molecule has 0 aliphatic carbocycles. The molecule has 7 heteroatoms. The van der Waals surface area contributed by atoms with Gasteiger partial charge >= 0.3 is 0 Å². The van der Waals surface area contributed by atoms with E-state index in [1.165, 1.54) is 0 Å². The Kier molecular flexibility index (Phi) is 6.39. The van der Waals surface area contributed by atoms with E-state index >= 15 is 0 Å². The molecule has 0 saturated carbocycles. The first-order valence-electron chi connectivity index (χ1n) is 7.30. The predicted octanol–water partition coefficient (Wildman–Crippen LogP) is 2.16. The fraction of sp³-hybridized carbons (Fsp3) is 0.176. The number of methoxy groups -OCH3 is 1. The van der Waals surface area contributed by atoms with Crippen LogP contribution in [0.1, 0.15) is 10.4 Å². The van der Waals surface area contributed by atoms with E-state index in [0.717, 1.165) is 5.75 Å². The van der Waals surface area contributed by atoms with Gasteiger partial charge in [0.15, 0.2) is 5.11 Å². The molecule has 0 spiro atoms. The van der Waals surface area contributed by atoms with E-state index < -0.39 is 0 Å². The molecule has 6 nitrogen and oxygen atoms in total. The van der Waals surface area contributed by atoms with E-state index in [1.807, 2.05) is 24.3 Å². The van der Waals surface area contributed by atoms with Gasteiger partial charge in [-0.15, -0.1) is 0 Å². The average molecular weight is 345 g/mol. The monoisotopic (exact) mass is 345 g/mol. The molecule has 24 heavy (non-hydrogen) atoms. The Hall–Kier alpha value is -2.80. The Balaban J connectivity index is 1.83. The number of rotatable bonds is 7. The van der Waals surface area contributed by atoms with Gasteiger partial charge in [-0.1, -0.05) is 12.1 Å². The molecule has 0 radical (unpaired) electrons. The molecule has 1 amide bonds. The molecule has 0 unspecified atom stereocenters. The number of nitrogens with one attached hydrogen (secondary N) is 2. The third-order valence-electron chi connectivity index (χ3n) is 3.15. The van der Waals surface area contributed by atoms with Gasteiger partial charge in [-0.25, -0.2) is 0 Å². The summed E-state index contributed by atoms with van der Waals surface area (Å²) in [4.78, 5) is 12.2. The minimum absolute atomic E-state index is 0.109. The Morgan fingerprint density at radius 2 is 1.79 bits per heavy atom. The number of anilines is 1. The fourth-order valence-electron chi connectivity index (χ4n) is 2.02. The topological polar surface area (TPSA) is 85.6 Å². The second-order valence-electron chi connectivity index (χ2n) is 4.81. The van der Waals surface area contributed by atoms with Crippen LogP contribution in [0.5, 0.6) is 11.5 Å². The summed E-state index contributed by atoms with van der Waals surface area (Å²) in [7, 11) is 1.61. The molecule has 0 aromatic heterocycles. The molecule has 0 aliphatic heterocycles. The van der Waals surface area contributed by atoms with Crippen molar-refractivity contribution in [1.29, 1.82) is 0 Å². The number of para-hydroxylation sites is 1. The molecule has 126 valence electrons. The highest BCUT2D eigenvalue weighted by atomic mass is 32.1. The lowest BCUT2D eigenvalue weighted by Crippen LogP contribution is -2.29. The lowest BCUT2D eigenvalue weighted by molar-refractivity contribution is 0.0948. The van der Waals surface area contributed by atoms with Gasteiger partial charge in [0.25, 0.3) is 5.91 Å². The number of thiocarbonyl (C=S) groups is 1. The van der Waals surface area contributed by atoms with Crippen LogP contribution in [0.25, 0.3) is 0 Å². The Bertz CT molecular complexity index is 704. The number of amides is 1. The summed E-state index contributed by atoms with van der Waals surface area (Å²) in [5, 5.41) is 5.69. The zero-order chi connectivity index (χ0) is 17.4. The maximum absolute atomic E-state index is 12.2. The molecular weight excluding hydrogens is 326 g/mol. The van der Waals surface area contributed by atoms with Crippen molar-refractivity contribution < 1.29 is 14.3 Å². The summed E-state index contributed by atoms with van der Waals surface area (Å²) in [5.74, 6) is 1.24. The first-order chi connectivity index (χ1) is 11.6. The van der Waals surface area contributed by atoms with Gasteiger partial charge in [0.1, 0.15) is 18.1 Å². The van der Waals surface area contributed by atoms with Gasteiger partial charge in [-0.2, -0.15) is 0 Å². The average Bonchev–Trinajstić information content (AvgIpc) is 2.59. The van der Waals surface area contributed by atoms with Crippen LogP contribution in [-0.4, -0.2) is 31.3 Å². The number of carbonyl (C=O) groups is 1. The molecule has 0 atom stereocenters. The van der Waals surface area contributed by atoms with E-state index in [9.17, 15) is 4.79 Å². The van der Waals surface area contributed by atoms with Crippen LogP contribution in [0.4, 0.5) is 5.69 Å². The maximum atomic E-state index is 12.2. The second-order valence-corrected chi connectivity index (χ2v) is 5.25. The SMILES string of the molecule is COc1ccc(OCCNC(=O)c2ccccc2NC(N)=S)cc1. The van der Waals surface area contributed by atoms with Gasteiger partial charge < -0.3 is 25.8 Å². The van der Waals surface area contributed by atoms with Crippen molar-refractivity contribution in [2.45, 2.75) is 0 Å². The zero-order valence-electron chi connectivity index (χ0n) is 13.2. The molecule has 0 aliphatic rings. The molecule has 0 saturated heterocycles. The van der Waals surface area contributed by atoms with Crippen molar-refractivity contribution in [3.05, 3.63) is 54.1 Å². The minimum Gasteiger partial charge on any atom is -0.497 e. The van der Waals surface area contributed by atoms with Crippen LogP contribution in [-0.2, 0) is 0 Å². The van der Waals surface area contributed by atoms with Crippen LogP contribution in [0, 0.1) is 0 Å². The Labute approximate surface area is 146 Å². The predicted molar refractivity (Wildman–Crippen MR) is 97.7 cm³/mol. The highest BCUT2D eigenvalue weighted by Crippen LogP contribution is 2.17. The van der Waals surface area contributed by atoms with E-state index in [4.69, 9.17) is 27.4 Å². The van der Waals surface area contributed by atoms with Crippen LogP contribution >= 0.6 is 12.2 Å². The van der Waals surface area contributed by atoms with Crippen LogP contribution < -0.4 is 25.8 Å². The number of carbonyl (C=O) groups excluding carboxylic acids is 1. The largest absolute Gasteiger partial charge is 0.497 e. The number of hydrogen-bond donors (Lipinski definition) is 3. The third kappa shape index (κ3) is 5.13. The van der Waals surface area contributed by atoms with Gasteiger partial charge in [0.2, 0.25) is 0 Å². The van der Waals surface area contributed by atoms with Crippen molar-refractivity contribution in [1.82, 2.24) is 5.32 Å². The van der Waals surface area contributed by atoms with Crippen molar-refractivity contribution in [2.75, 3.05) is 25.6 Å². The number of ether oxygens (including phenoxy) is 2. The van der Waals surface area contributed by atoms with Crippen LogP contribution in [0.15, 0.2) is 48.5 Å². The quantitative estimate of drug-likeness (QED) is 0.527. The van der Waals surface area contributed by atoms with E-state index in [2.05, 4.69) is 10.6 Å². The molecule has 2 rings (SSSR count). The summed E-state index contributed by atoms with van der Waals surface area (Å²) >= 11 is 4.81. The second kappa shape index (κ2) is 8.73. The first-order valence-corrected chi connectivity index (χ1v) is 7.71. The van der Waals surface area contributed by atoms with Crippen LogP contribution in [0.3, 0.4) is 0 Å². The van der Waals surface area contributed by atoms with Crippen molar-refractivity contribution >= 4 is 28.9 Å². The van der Waals surface area contributed by atoms with E-state index in [0.29, 0.717) is 30.2 Å². The molecule has 2 aromatic rings. The minimum atomic E-state index is -0.229. The number of nitrogens with two attached hydrogens (primary N) is 1. The van der Waals surface area contributed by atoms with Crippen molar-refractivity contribution in [3.63, 3.8) is 0 Å². The molecule has 4 N–H and O–H groups in total. The zero-order valence-corrected chi connectivity index (χ0v) is 14.1. The van der Waals surface area contributed by atoms with Gasteiger partial charge in [0, 0.05) is 0 Å². The lowest BCUT2D eigenvalue weighted by atomic mass is 10.1. The maximum Gasteiger partial charge on any atom is 0.253 e. The van der Waals surface area contributed by atoms with E-state index in [1.54, 1.807) is 31.4 Å². The summed E-state index contributed by atoms with van der Waals surface area (Å²) in [6.07, 6.45) is 0. The summed E-state index contributed by atoms with van der Waals surface area (Å²) in [6, 6.07) is 14.2. The molecule has 0 heterocycles. The number of benzene rings is 2. The first kappa shape index (κ1) is 17.6. The molecule has 2 aromatic carbocycles. The van der Waals surface area contributed by atoms with Crippen molar-refractivity contribution in [2.24, 2.45) is 5.73 Å². The Morgan fingerprint density at radius 3 is 2.46 bits per heavy atom. The highest BCUT2D eigenvalue weighted by Gasteiger charge is 2.10. The summed E-state index contributed by atoms with van der Waals surface area (Å²) in [6.45, 7) is 0.717. The molecular formula is C17H19N3O3S. The smallest absolute Gasteiger partial charge is 0.253 e. The van der Waals surface area contributed by atoms with Crippen molar-refractivity contribution in [3.8, 4) is 11.5 Å². The van der Waals surface area contributed by atoms with Gasteiger partial charge in [0.05, 0.1) is 24.9 Å². The van der Waals surface area contributed by atoms with Gasteiger partial charge in [-0.3, -0.25) is 4.79 Å². The normalized spacial score (nSPS) is 9.88. The Morgan fingerprint density at radius 1 is 1.12 bits per heavy atom.